The zero-order valence-electron chi connectivity index (χ0n) is 6.94. The molecule has 0 spiro atoms. The maximum atomic E-state index is 5.68. The lowest BCUT2D eigenvalue weighted by molar-refractivity contribution is 0.178. The first kappa shape index (κ1) is 8.33. The molecule has 2 rings (SSSR count). The van der Waals surface area contributed by atoms with Crippen molar-refractivity contribution in [2.45, 2.75) is 6.61 Å². The standard InChI is InChI=1S/C7H7N4OS/c1-12-2-4-10-6(8)5-7(11-4)9-3-13-5/h2H2,1H3,(H2,8,10,11). The highest BCUT2D eigenvalue weighted by Gasteiger charge is 2.06. The van der Waals surface area contributed by atoms with Crippen LogP contribution in [-0.4, -0.2) is 22.1 Å². The smallest absolute Gasteiger partial charge is 0.176 e. The van der Waals surface area contributed by atoms with E-state index in [-0.39, 0.29) is 0 Å². The molecule has 5 nitrogen and oxygen atoms in total. The van der Waals surface area contributed by atoms with Crippen LogP contribution in [0.5, 0.6) is 0 Å². The van der Waals surface area contributed by atoms with Crippen molar-refractivity contribution in [2.75, 3.05) is 12.8 Å². The van der Waals surface area contributed by atoms with Crippen LogP contribution in [0.2, 0.25) is 0 Å². The van der Waals surface area contributed by atoms with Crippen molar-refractivity contribution < 1.29 is 4.74 Å². The van der Waals surface area contributed by atoms with Crippen molar-refractivity contribution in [3.8, 4) is 0 Å². The fourth-order valence-corrected chi connectivity index (χ4v) is 1.54. The number of thiazole rings is 1. The minimum absolute atomic E-state index is 0.345. The summed E-state index contributed by atoms with van der Waals surface area (Å²) in [4.78, 5) is 12.1. The van der Waals surface area contributed by atoms with Gasteiger partial charge in [-0.1, -0.05) is 0 Å². The number of anilines is 1. The zero-order valence-corrected chi connectivity index (χ0v) is 7.76. The summed E-state index contributed by atoms with van der Waals surface area (Å²) in [6, 6.07) is 0. The van der Waals surface area contributed by atoms with Crippen LogP contribution in [0.3, 0.4) is 0 Å². The van der Waals surface area contributed by atoms with Crippen molar-refractivity contribution in [1.82, 2.24) is 15.0 Å². The molecule has 2 aromatic rings. The molecule has 2 N–H and O–H groups in total. The highest BCUT2D eigenvalue weighted by molar-refractivity contribution is 7.16. The molecule has 0 aromatic carbocycles. The Labute approximate surface area is 78.6 Å². The molecule has 67 valence electrons. The van der Waals surface area contributed by atoms with Crippen LogP contribution >= 0.6 is 11.3 Å². The van der Waals surface area contributed by atoms with Crippen molar-refractivity contribution in [3.63, 3.8) is 0 Å². The highest BCUT2D eigenvalue weighted by atomic mass is 32.1. The molecule has 0 saturated carbocycles. The van der Waals surface area contributed by atoms with Gasteiger partial charge in [0.1, 0.15) is 17.1 Å². The van der Waals surface area contributed by atoms with E-state index in [9.17, 15) is 0 Å². The summed E-state index contributed by atoms with van der Waals surface area (Å²) in [6.45, 7) is 0.345. The van der Waals surface area contributed by atoms with Crippen molar-refractivity contribution >= 4 is 27.5 Å². The van der Waals surface area contributed by atoms with Gasteiger partial charge in [0.05, 0.1) is 0 Å². The molecule has 13 heavy (non-hydrogen) atoms. The van der Waals surface area contributed by atoms with Crippen LogP contribution in [0.15, 0.2) is 0 Å². The average molecular weight is 195 g/mol. The Balaban J connectivity index is 2.56. The molecule has 2 aromatic heterocycles. The second-order valence-electron chi connectivity index (χ2n) is 2.42. The third-order valence-corrected chi connectivity index (χ3v) is 2.27. The number of hydrogen-bond acceptors (Lipinski definition) is 6. The van der Waals surface area contributed by atoms with Crippen LogP contribution in [0, 0.1) is 5.51 Å². The van der Waals surface area contributed by atoms with E-state index in [2.05, 4.69) is 20.5 Å². The van der Waals surface area contributed by atoms with Crippen LogP contribution in [0.4, 0.5) is 5.82 Å². The third kappa shape index (κ3) is 1.45. The Morgan fingerprint density at radius 3 is 3.15 bits per heavy atom. The lowest BCUT2D eigenvalue weighted by Gasteiger charge is -1.99. The van der Waals surface area contributed by atoms with E-state index < -0.39 is 0 Å². The number of nitrogens with two attached hydrogens (primary N) is 1. The summed E-state index contributed by atoms with van der Waals surface area (Å²) >= 11 is 1.31. The van der Waals surface area contributed by atoms with E-state index >= 15 is 0 Å². The fourth-order valence-electron chi connectivity index (χ4n) is 0.981. The molecule has 1 radical (unpaired) electrons. The Kier molecular flexibility index (Phi) is 2.07. The largest absolute Gasteiger partial charge is 0.382 e. The number of nitrogen functional groups attached to an aromatic ring is 1. The molecule has 0 fully saturated rings. The molecule has 0 aliphatic heterocycles. The van der Waals surface area contributed by atoms with E-state index in [4.69, 9.17) is 10.5 Å². The molecule has 6 heteroatoms. The van der Waals surface area contributed by atoms with Gasteiger partial charge in [0.2, 0.25) is 0 Å². The average Bonchev–Trinajstić information content (AvgIpc) is 2.53. The predicted octanol–water partition coefficient (Wildman–Crippen LogP) is 0.615. The molecule has 2 heterocycles. The third-order valence-electron chi connectivity index (χ3n) is 1.49. The van der Waals surface area contributed by atoms with Gasteiger partial charge in [-0.3, -0.25) is 0 Å². The maximum absolute atomic E-state index is 5.68. The first-order valence-corrected chi connectivity index (χ1v) is 4.41. The predicted molar refractivity (Wildman–Crippen MR) is 49.2 cm³/mol. The minimum atomic E-state index is 0.345. The summed E-state index contributed by atoms with van der Waals surface area (Å²) in [5.41, 5.74) is 8.98. The van der Waals surface area contributed by atoms with E-state index in [1.165, 1.54) is 11.3 Å². The summed E-state index contributed by atoms with van der Waals surface area (Å²) < 4.78 is 5.67. The Bertz CT molecular complexity index is 427. The molecule has 0 atom stereocenters. The van der Waals surface area contributed by atoms with Crippen molar-refractivity contribution in [2.24, 2.45) is 0 Å². The number of ether oxygens (including phenoxy) is 1. The van der Waals surface area contributed by atoms with Gasteiger partial charge in [0.15, 0.2) is 17.0 Å². The lowest BCUT2D eigenvalue weighted by Crippen LogP contribution is -2.01. The molecule has 0 amide bonds. The Hall–Kier alpha value is -1.27. The van der Waals surface area contributed by atoms with Crippen molar-refractivity contribution in [1.29, 1.82) is 0 Å². The Morgan fingerprint density at radius 1 is 1.54 bits per heavy atom. The van der Waals surface area contributed by atoms with Crippen LogP contribution < -0.4 is 5.73 Å². The number of rotatable bonds is 2. The monoisotopic (exact) mass is 195 g/mol. The summed E-state index contributed by atoms with van der Waals surface area (Å²) in [5.74, 6) is 0.989. The quantitative estimate of drug-likeness (QED) is 0.760. The molecular formula is C7H7N4OS. The van der Waals surface area contributed by atoms with Gasteiger partial charge in [0.25, 0.3) is 0 Å². The second kappa shape index (κ2) is 3.23. The van der Waals surface area contributed by atoms with Crippen molar-refractivity contribution in [3.05, 3.63) is 11.3 Å². The van der Waals surface area contributed by atoms with E-state index in [0.29, 0.717) is 23.9 Å². The minimum Gasteiger partial charge on any atom is -0.382 e. The maximum Gasteiger partial charge on any atom is 0.176 e. The number of nitrogens with zero attached hydrogens (tertiary/aromatic N) is 3. The molecule has 0 bridgehead atoms. The first-order chi connectivity index (χ1) is 6.31. The molecular weight excluding hydrogens is 188 g/mol. The van der Waals surface area contributed by atoms with Gasteiger partial charge >= 0.3 is 0 Å². The van der Waals surface area contributed by atoms with Gasteiger partial charge in [-0.05, 0) is 0 Å². The van der Waals surface area contributed by atoms with Crippen LogP contribution in [0.25, 0.3) is 10.3 Å². The SMILES string of the molecule is COCc1nc(N)c2s[c]nc2n1. The van der Waals surface area contributed by atoms with Gasteiger partial charge in [-0.15, -0.1) is 11.3 Å². The molecule has 0 unspecified atom stereocenters. The Morgan fingerprint density at radius 2 is 2.38 bits per heavy atom. The van der Waals surface area contributed by atoms with Gasteiger partial charge in [0, 0.05) is 7.11 Å². The molecule has 0 aliphatic carbocycles. The number of aromatic nitrogens is 3. The number of hydrogen-bond donors (Lipinski definition) is 1. The van der Waals surface area contributed by atoms with E-state index in [1.807, 2.05) is 0 Å². The zero-order chi connectivity index (χ0) is 9.26. The topological polar surface area (TPSA) is 73.9 Å². The number of fused-ring (bicyclic) bond motifs is 1. The van der Waals surface area contributed by atoms with Gasteiger partial charge in [-0.2, -0.15) is 0 Å². The first-order valence-electron chi connectivity index (χ1n) is 3.59. The lowest BCUT2D eigenvalue weighted by atomic mass is 10.5. The highest BCUT2D eigenvalue weighted by Crippen LogP contribution is 2.20. The van der Waals surface area contributed by atoms with Crippen LogP contribution in [0.1, 0.15) is 5.82 Å². The normalized spacial score (nSPS) is 10.8. The van der Waals surface area contributed by atoms with E-state index in [0.717, 1.165) is 4.70 Å². The van der Waals surface area contributed by atoms with E-state index in [1.54, 1.807) is 7.11 Å². The summed E-state index contributed by atoms with van der Waals surface area (Å²) in [6.07, 6.45) is 0. The second-order valence-corrected chi connectivity index (χ2v) is 3.21. The van der Waals surface area contributed by atoms with Gasteiger partial charge in [-0.25, -0.2) is 15.0 Å². The number of methoxy groups -OCH3 is 1. The molecule has 0 saturated heterocycles. The fraction of sp³-hybridized carbons (Fsp3) is 0.286. The van der Waals surface area contributed by atoms with Gasteiger partial charge < -0.3 is 10.5 Å². The molecule has 0 aliphatic rings. The summed E-state index contributed by atoms with van der Waals surface area (Å²) in [5, 5.41) is 0. The summed E-state index contributed by atoms with van der Waals surface area (Å²) in [7, 11) is 1.58. The van der Waals surface area contributed by atoms with Crippen LogP contribution in [-0.2, 0) is 11.3 Å².